The van der Waals surface area contributed by atoms with Crippen molar-refractivity contribution in [1.82, 2.24) is 15.0 Å². The molecule has 6 nitrogen and oxygen atoms in total. The first kappa shape index (κ1) is 9.24. The van der Waals surface area contributed by atoms with Crippen LogP contribution >= 0.6 is 0 Å². The third kappa shape index (κ3) is 2.29. The summed E-state index contributed by atoms with van der Waals surface area (Å²) in [6.45, 7) is 1.73. The normalized spacial score (nSPS) is 11.4. The Morgan fingerprint density at radius 2 is 2.46 bits per heavy atom. The van der Waals surface area contributed by atoms with E-state index in [0.717, 1.165) is 5.01 Å². The van der Waals surface area contributed by atoms with Crippen LogP contribution in [0.1, 0.15) is 12.7 Å². The number of hydrogen-bond acceptors (Lipinski definition) is 3. The molecule has 70 valence electrons. The first-order chi connectivity index (χ1) is 6.11. The Labute approximate surface area is 75.4 Å². The Balaban J connectivity index is 2.78. The van der Waals surface area contributed by atoms with E-state index in [2.05, 4.69) is 15.1 Å². The number of hydrazone groups is 1. The Bertz CT molecular complexity index is 316. The van der Waals surface area contributed by atoms with Crippen molar-refractivity contribution in [1.29, 1.82) is 0 Å². The van der Waals surface area contributed by atoms with Gasteiger partial charge in [0.1, 0.15) is 5.71 Å². The molecule has 1 aromatic rings. The number of nitrogens with one attached hydrogen (secondary N) is 1. The van der Waals surface area contributed by atoms with Gasteiger partial charge in [-0.3, -0.25) is 0 Å². The maximum Gasteiger partial charge on any atom is 0.334 e. The maximum absolute atomic E-state index is 10.6. The van der Waals surface area contributed by atoms with E-state index in [1.165, 1.54) is 7.05 Å². The van der Waals surface area contributed by atoms with Gasteiger partial charge in [0.05, 0.1) is 0 Å². The third-order valence-corrected chi connectivity index (χ3v) is 1.46. The Hall–Kier alpha value is -1.85. The van der Waals surface area contributed by atoms with Gasteiger partial charge in [-0.15, -0.1) is 0 Å². The van der Waals surface area contributed by atoms with Crippen LogP contribution in [0.2, 0.25) is 0 Å². The lowest BCUT2D eigenvalue weighted by Crippen LogP contribution is -2.28. The van der Waals surface area contributed by atoms with Crippen molar-refractivity contribution in [3.63, 3.8) is 0 Å². The lowest BCUT2D eigenvalue weighted by molar-refractivity contribution is 0.220. The smallest absolute Gasteiger partial charge is 0.334 e. The van der Waals surface area contributed by atoms with E-state index in [1.54, 1.807) is 19.3 Å². The minimum absolute atomic E-state index is 0.603. The molecule has 1 aromatic heterocycles. The molecule has 0 aliphatic rings. The Morgan fingerprint density at radius 1 is 1.77 bits per heavy atom. The number of hydrogen-bond donors (Lipinski definition) is 2. The SMILES string of the molecule is C/C(=N/N(C)C(N)=O)c1ncc[nH]1. The highest BCUT2D eigenvalue weighted by Crippen LogP contribution is 1.94. The molecule has 0 saturated carbocycles. The number of rotatable bonds is 2. The van der Waals surface area contributed by atoms with Crippen LogP contribution in [-0.2, 0) is 0 Å². The standard InChI is InChI=1S/C7H11N5O/c1-5(6-9-3-4-10-6)11-12(2)7(8)13/h3-4H,1-2H3,(H2,8,13)(H,9,10)/b11-5-. The number of aromatic nitrogens is 2. The largest absolute Gasteiger partial charge is 0.350 e. The van der Waals surface area contributed by atoms with Gasteiger partial charge < -0.3 is 10.7 Å². The lowest BCUT2D eigenvalue weighted by atomic mass is 10.4. The highest BCUT2D eigenvalue weighted by Gasteiger charge is 2.03. The fourth-order valence-corrected chi connectivity index (χ4v) is 0.785. The second kappa shape index (κ2) is 3.70. The van der Waals surface area contributed by atoms with Gasteiger partial charge in [-0.25, -0.2) is 14.8 Å². The van der Waals surface area contributed by atoms with Crippen LogP contribution in [0, 0.1) is 0 Å². The molecule has 0 fully saturated rings. The molecule has 0 atom stereocenters. The molecule has 0 bridgehead atoms. The second-order valence-corrected chi connectivity index (χ2v) is 2.49. The number of H-pyrrole nitrogens is 1. The number of carbonyl (C=O) groups is 1. The van der Waals surface area contributed by atoms with Crippen molar-refractivity contribution in [3.05, 3.63) is 18.2 Å². The van der Waals surface area contributed by atoms with E-state index in [0.29, 0.717) is 11.5 Å². The molecule has 0 aliphatic carbocycles. The van der Waals surface area contributed by atoms with E-state index in [4.69, 9.17) is 5.73 Å². The first-order valence-electron chi connectivity index (χ1n) is 3.69. The molecule has 0 radical (unpaired) electrons. The van der Waals surface area contributed by atoms with Gasteiger partial charge in [0.15, 0.2) is 5.82 Å². The van der Waals surface area contributed by atoms with Crippen LogP contribution in [0.3, 0.4) is 0 Å². The summed E-state index contributed by atoms with van der Waals surface area (Å²) in [4.78, 5) is 17.4. The maximum atomic E-state index is 10.6. The van der Waals surface area contributed by atoms with Gasteiger partial charge in [-0.1, -0.05) is 0 Å². The predicted octanol–water partition coefficient (Wildman–Crippen LogP) is 0.144. The Kier molecular flexibility index (Phi) is 2.63. The number of imidazole rings is 1. The van der Waals surface area contributed by atoms with Crippen LogP contribution in [0.5, 0.6) is 0 Å². The minimum Gasteiger partial charge on any atom is -0.350 e. The third-order valence-electron chi connectivity index (χ3n) is 1.46. The summed E-state index contributed by atoms with van der Waals surface area (Å²) in [5, 5.41) is 4.95. The summed E-state index contributed by atoms with van der Waals surface area (Å²) in [5.41, 5.74) is 5.59. The molecule has 2 amide bonds. The molecule has 0 unspecified atom stereocenters. The van der Waals surface area contributed by atoms with Crippen molar-refractivity contribution >= 4 is 11.7 Å². The molecule has 0 spiro atoms. The molecule has 0 aliphatic heterocycles. The minimum atomic E-state index is -0.606. The van der Waals surface area contributed by atoms with Crippen molar-refractivity contribution in [3.8, 4) is 0 Å². The fraction of sp³-hybridized carbons (Fsp3) is 0.286. The number of urea groups is 1. The highest BCUT2D eigenvalue weighted by molar-refractivity contribution is 5.95. The summed E-state index contributed by atoms with van der Waals surface area (Å²) >= 11 is 0. The zero-order valence-electron chi connectivity index (χ0n) is 7.48. The average Bonchev–Trinajstić information content (AvgIpc) is 2.55. The summed E-state index contributed by atoms with van der Waals surface area (Å²) in [6.07, 6.45) is 3.29. The van der Waals surface area contributed by atoms with E-state index >= 15 is 0 Å². The van der Waals surface area contributed by atoms with Crippen LogP contribution < -0.4 is 5.73 Å². The summed E-state index contributed by atoms with van der Waals surface area (Å²) in [7, 11) is 1.48. The summed E-state index contributed by atoms with van der Waals surface area (Å²) in [6, 6.07) is -0.606. The van der Waals surface area contributed by atoms with Gasteiger partial charge in [-0.05, 0) is 6.92 Å². The van der Waals surface area contributed by atoms with Crippen LogP contribution in [0.4, 0.5) is 4.79 Å². The van der Waals surface area contributed by atoms with Crippen LogP contribution in [0.15, 0.2) is 17.5 Å². The van der Waals surface area contributed by atoms with Crippen LogP contribution in [-0.4, -0.2) is 33.8 Å². The molecule has 3 N–H and O–H groups in total. The summed E-state index contributed by atoms with van der Waals surface area (Å²) in [5.74, 6) is 0.619. The zero-order valence-corrected chi connectivity index (χ0v) is 7.48. The predicted molar refractivity (Wildman–Crippen MR) is 48.1 cm³/mol. The monoisotopic (exact) mass is 181 g/mol. The lowest BCUT2D eigenvalue weighted by Gasteiger charge is -2.07. The van der Waals surface area contributed by atoms with Gasteiger partial charge in [-0.2, -0.15) is 5.10 Å². The topological polar surface area (TPSA) is 87.4 Å². The van der Waals surface area contributed by atoms with Gasteiger partial charge >= 0.3 is 6.03 Å². The summed E-state index contributed by atoms with van der Waals surface area (Å²) < 4.78 is 0. The molecule has 1 heterocycles. The molecule has 0 aromatic carbocycles. The zero-order chi connectivity index (χ0) is 9.84. The van der Waals surface area contributed by atoms with E-state index in [9.17, 15) is 4.79 Å². The van der Waals surface area contributed by atoms with Gasteiger partial charge in [0.25, 0.3) is 0 Å². The van der Waals surface area contributed by atoms with E-state index in [-0.39, 0.29) is 0 Å². The number of nitrogens with two attached hydrogens (primary N) is 1. The number of amides is 2. The number of primary amides is 1. The first-order valence-corrected chi connectivity index (χ1v) is 3.69. The molecule has 6 heteroatoms. The number of aromatic amines is 1. The van der Waals surface area contributed by atoms with Crippen molar-refractivity contribution in [2.24, 2.45) is 10.8 Å². The fourth-order valence-electron chi connectivity index (χ4n) is 0.785. The van der Waals surface area contributed by atoms with E-state index in [1.807, 2.05) is 0 Å². The quantitative estimate of drug-likeness (QED) is 0.502. The number of carbonyl (C=O) groups excluding carboxylic acids is 1. The molecule has 1 rings (SSSR count). The van der Waals surface area contributed by atoms with Crippen molar-refractivity contribution < 1.29 is 4.79 Å². The van der Waals surface area contributed by atoms with Gasteiger partial charge in [0, 0.05) is 19.4 Å². The number of nitrogens with zero attached hydrogens (tertiary/aromatic N) is 3. The van der Waals surface area contributed by atoms with Crippen LogP contribution in [0.25, 0.3) is 0 Å². The molecular formula is C7H11N5O. The Morgan fingerprint density at radius 3 is 2.92 bits per heavy atom. The van der Waals surface area contributed by atoms with Crippen molar-refractivity contribution in [2.75, 3.05) is 7.05 Å². The molecule has 13 heavy (non-hydrogen) atoms. The second-order valence-electron chi connectivity index (χ2n) is 2.49. The van der Waals surface area contributed by atoms with Crippen molar-refractivity contribution in [2.45, 2.75) is 6.92 Å². The van der Waals surface area contributed by atoms with E-state index < -0.39 is 6.03 Å². The molecule has 0 saturated heterocycles. The van der Waals surface area contributed by atoms with Gasteiger partial charge in [0.2, 0.25) is 0 Å². The molecular weight excluding hydrogens is 170 g/mol. The highest BCUT2D eigenvalue weighted by atomic mass is 16.2. The average molecular weight is 181 g/mol.